The Morgan fingerprint density at radius 1 is 1.28 bits per heavy atom. The summed E-state index contributed by atoms with van der Waals surface area (Å²) in [5, 5.41) is 3.34. The zero-order valence-electron chi connectivity index (χ0n) is 16.4. The number of allylic oxidation sites excluding steroid dienone is 1. The molecule has 0 heterocycles. The quantitative estimate of drug-likeness (QED) is 0.146. The number of amidine groups is 1. The number of anilines is 1. The highest BCUT2D eigenvalue weighted by atomic mass is 79.9. The minimum Gasteiger partial charge on any atom is -0.370 e. The molecule has 4 rings (SSSR count). The molecule has 0 bridgehead atoms. The molecule has 1 fully saturated rings. The molecule has 1 N–H and O–H groups in total. The standard InChI is InChI=1S/C22H24BrN3O2S/c1-24-28-21(27)13-29-22(25-12-15-6-7-15)26(14-23)20-11-10-17(16-8-9-16)18-4-2-3-5-19(18)20/h2-6,10-11,16,24H,7-9,12-14H2,1H3/b25-22+. The third-order valence-corrected chi connectivity index (χ3v) is 6.53. The molecule has 2 aliphatic rings. The first-order valence-electron chi connectivity index (χ1n) is 9.78. The number of hydrogen-bond acceptors (Lipinski definition) is 5. The number of fused-ring (bicyclic) bond motifs is 1. The van der Waals surface area contributed by atoms with Crippen LogP contribution in [-0.4, -0.2) is 35.9 Å². The molecule has 0 aromatic heterocycles. The van der Waals surface area contributed by atoms with Crippen LogP contribution in [0.2, 0.25) is 0 Å². The Morgan fingerprint density at radius 3 is 2.69 bits per heavy atom. The number of benzene rings is 2. The van der Waals surface area contributed by atoms with E-state index in [4.69, 9.17) is 9.83 Å². The number of carbonyl (C=O) groups excluding carboxylic acids is 1. The SMILES string of the molecule is CNOC(=O)CS/C(=N/CC1=CC1)N(CBr)c1ccc(C2CC2)c2ccccc12. The number of alkyl halides is 1. The number of thioether (sulfide) groups is 1. The molecular formula is C22H24BrN3O2S. The maximum atomic E-state index is 11.9. The Morgan fingerprint density at radius 2 is 2.03 bits per heavy atom. The number of nitrogens with one attached hydrogen (secondary N) is 1. The molecule has 2 aromatic carbocycles. The zero-order chi connectivity index (χ0) is 20.2. The van der Waals surface area contributed by atoms with Gasteiger partial charge in [-0.2, -0.15) is 5.48 Å². The summed E-state index contributed by atoms with van der Waals surface area (Å²) in [7, 11) is 1.58. The second-order valence-corrected chi connectivity index (χ2v) is 8.62. The Labute approximate surface area is 183 Å². The molecule has 0 radical (unpaired) electrons. The van der Waals surface area contributed by atoms with Gasteiger partial charge in [-0.3, -0.25) is 4.99 Å². The fourth-order valence-electron chi connectivity index (χ4n) is 3.36. The van der Waals surface area contributed by atoms with Gasteiger partial charge in [0.2, 0.25) is 0 Å². The van der Waals surface area contributed by atoms with Crippen molar-refractivity contribution < 1.29 is 9.63 Å². The lowest BCUT2D eigenvalue weighted by Crippen LogP contribution is -2.29. The Kier molecular flexibility index (Phi) is 6.57. The lowest BCUT2D eigenvalue weighted by atomic mass is 9.99. The second kappa shape index (κ2) is 9.32. The van der Waals surface area contributed by atoms with Crippen LogP contribution in [0.4, 0.5) is 5.69 Å². The Balaban J connectivity index is 1.67. The van der Waals surface area contributed by atoms with Crippen LogP contribution in [0.1, 0.15) is 30.7 Å². The van der Waals surface area contributed by atoms with Gasteiger partial charge in [-0.15, -0.1) is 0 Å². The van der Waals surface area contributed by atoms with Crippen LogP contribution in [0.15, 0.2) is 53.0 Å². The predicted molar refractivity (Wildman–Crippen MR) is 125 cm³/mol. The molecule has 5 nitrogen and oxygen atoms in total. The maximum Gasteiger partial charge on any atom is 0.335 e. The number of rotatable bonds is 8. The monoisotopic (exact) mass is 473 g/mol. The van der Waals surface area contributed by atoms with Gasteiger partial charge in [0.1, 0.15) is 5.75 Å². The summed E-state index contributed by atoms with van der Waals surface area (Å²) in [5.41, 5.74) is 6.90. The van der Waals surface area contributed by atoms with Gasteiger partial charge in [0.05, 0.1) is 17.7 Å². The third kappa shape index (κ3) is 5.02. The molecule has 29 heavy (non-hydrogen) atoms. The van der Waals surface area contributed by atoms with E-state index in [1.807, 2.05) is 0 Å². The first-order valence-corrected chi connectivity index (χ1v) is 11.9. The van der Waals surface area contributed by atoms with Crippen molar-refractivity contribution >= 4 is 55.3 Å². The van der Waals surface area contributed by atoms with Gasteiger partial charge in [-0.1, -0.05) is 64.1 Å². The van der Waals surface area contributed by atoms with Crippen LogP contribution >= 0.6 is 27.7 Å². The van der Waals surface area contributed by atoms with Gasteiger partial charge in [0, 0.05) is 12.4 Å². The van der Waals surface area contributed by atoms with Crippen molar-refractivity contribution in [1.29, 1.82) is 0 Å². The lowest BCUT2D eigenvalue weighted by molar-refractivity contribution is -0.146. The third-order valence-electron chi connectivity index (χ3n) is 5.04. The average molecular weight is 474 g/mol. The van der Waals surface area contributed by atoms with Crippen molar-refractivity contribution in [3.05, 3.63) is 53.6 Å². The van der Waals surface area contributed by atoms with Gasteiger partial charge in [-0.25, -0.2) is 4.79 Å². The average Bonchev–Trinajstić information content (AvgIpc) is 3.64. The number of hydroxylamine groups is 1. The Hall–Kier alpha value is -1.83. The van der Waals surface area contributed by atoms with Crippen LogP contribution in [0.3, 0.4) is 0 Å². The van der Waals surface area contributed by atoms with Crippen LogP contribution in [0, 0.1) is 0 Å². The summed E-state index contributed by atoms with van der Waals surface area (Å²) >= 11 is 5.05. The first kappa shape index (κ1) is 20.4. The summed E-state index contributed by atoms with van der Waals surface area (Å²) < 4.78 is 0. The van der Waals surface area contributed by atoms with Crippen molar-refractivity contribution in [2.45, 2.75) is 25.2 Å². The van der Waals surface area contributed by atoms with Crippen molar-refractivity contribution in [3.63, 3.8) is 0 Å². The maximum absolute atomic E-state index is 11.9. The van der Waals surface area contributed by atoms with Crippen molar-refractivity contribution in [1.82, 2.24) is 5.48 Å². The molecule has 0 saturated heterocycles. The first-order chi connectivity index (χ1) is 14.2. The van der Waals surface area contributed by atoms with Gasteiger partial charge in [0.25, 0.3) is 0 Å². The van der Waals surface area contributed by atoms with E-state index in [1.54, 1.807) is 7.05 Å². The Bertz CT molecular complexity index is 972. The van der Waals surface area contributed by atoms with Crippen LogP contribution in [-0.2, 0) is 9.63 Å². The normalized spacial score (nSPS) is 15.9. The summed E-state index contributed by atoms with van der Waals surface area (Å²) in [5.74, 6) is 0.562. The van der Waals surface area contributed by atoms with Crippen LogP contribution in [0.5, 0.6) is 0 Å². The molecule has 0 amide bonds. The number of halogens is 1. The fraction of sp³-hybridized carbons (Fsp3) is 0.364. The van der Waals surface area contributed by atoms with Crippen LogP contribution < -0.4 is 10.4 Å². The van der Waals surface area contributed by atoms with E-state index in [1.165, 1.54) is 46.5 Å². The molecule has 0 unspecified atom stereocenters. The molecule has 2 aromatic rings. The molecule has 0 spiro atoms. The summed E-state index contributed by atoms with van der Waals surface area (Å²) in [6, 6.07) is 13.0. The van der Waals surface area contributed by atoms with E-state index in [0.29, 0.717) is 17.9 Å². The van der Waals surface area contributed by atoms with E-state index in [2.05, 4.69) is 68.8 Å². The van der Waals surface area contributed by atoms with Crippen LogP contribution in [0.25, 0.3) is 10.8 Å². The largest absolute Gasteiger partial charge is 0.370 e. The summed E-state index contributed by atoms with van der Waals surface area (Å²) in [4.78, 5) is 23.7. The number of carbonyl (C=O) groups is 1. The highest BCUT2D eigenvalue weighted by Gasteiger charge is 2.27. The minimum atomic E-state index is -0.320. The minimum absolute atomic E-state index is 0.195. The number of hydrogen-bond donors (Lipinski definition) is 1. The predicted octanol–water partition coefficient (Wildman–Crippen LogP) is 4.97. The number of aliphatic imine (C=N–C) groups is 1. The van der Waals surface area contributed by atoms with E-state index in [-0.39, 0.29) is 11.7 Å². The molecular weight excluding hydrogens is 450 g/mol. The van der Waals surface area contributed by atoms with Crippen molar-refractivity contribution in [2.24, 2.45) is 4.99 Å². The molecule has 1 saturated carbocycles. The van der Waals surface area contributed by atoms with Crippen molar-refractivity contribution in [2.75, 3.05) is 29.7 Å². The van der Waals surface area contributed by atoms with Gasteiger partial charge < -0.3 is 9.74 Å². The highest BCUT2D eigenvalue weighted by molar-refractivity contribution is 9.09. The molecule has 7 heteroatoms. The lowest BCUT2D eigenvalue weighted by Gasteiger charge is -2.25. The van der Waals surface area contributed by atoms with Crippen molar-refractivity contribution in [3.8, 4) is 0 Å². The van der Waals surface area contributed by atoms with E-state index >= 15 is 0 Å². The highest BCUT2D eigenvalue weighted by Crippen LogP contribution is 2.45. The van der Waals surface area contributed by atoms with E-state index in [0.717, 1.165) is 17.3 Å². The summed E-state index contributed by atoms with van der Waals surface area (Å²) in [6.07, 6.45) is 5.77. The summed E-state index contributed by atoms with van der Waals surface area (Å²) in [6.45, 7) is 0.672. The number of nitrogens with zero attached hydrogens (tertiary/aromatic N) is 2. The van der Waals surface area contributed by atoms with Gasteiger partial charge in [0.15, 0.2) is 5.17 Å². The van der Waals surface area contributed by atoms with Gasteiger partial charge in [-0.05, 0) is 47.8 Å². The smallest absolute Gasteiger partial charge is 0.335 e. The molecule has 2 aliphatic carbocycles. The molecule has 152 valence electrons. The second-order valence-electron chi connectivity index (χ2n) is 7.17. The van der Waals surface area contributed by atoms with E-state index in [9.17, 15) is 4.79 Å². The van der Waals surface area contributed by atoms with Gasteiger partial charge >= 0.3 is 5.97 Å². The topological polar surface area (TPSA) is 53.9 Å². The van der Waals surface area contributed by atoms with E-state index < -0.39 is 0 Å². The zero-order valence-corrected chi connectivity index (χ0v) is 18.8. The molecule has 0 aliphatic heterocycles. The molecule has 0 atom stereocenters. The fourth-order valence-corrected chi connectivity index (χ4v) is 4.81.